The zero-order valence-corrected chi connectivity index (χ0v) is 8.43. The second-order valence-corrected chi connectivity index (χ2v) is 2.82. The van der Waals surface area contributed by atoms with Crippen molar-refractivity contribution in [3.8, 4) is 0 Å². The Morgan fingerprint density at radius 3 is 3.00 bits per heavy atom. The van der Waals surface area contributed by atoms with E-state index in [2.05, 4.69) is 16.6 Å². The van der Waals surface area contributed by atoms with Crippen molar-refractivity contribution >= 4 is 12.1 Å². The number of rotatable bonds is 5. The van der Waals surface area contributed by atoms with Gasteiger partial charge in [-0.05, 0) is 6.07 Å². The fourth-order valence-electron chi connectivity index (χ4n) is 1.02. The molecule has 16 heavy (non-hydrogen) atoms. The van der Waals surface area contributed by atoms with E-state index in [0.29, 0.717) is 5.56 Å². The van der Waals surface area contributed by atoms with E-state index in [-0.39, 0.29) is 18.9 Å². The maximum Gasteiger partial charge on any atom is 0.407 e. The second kappa shape index (κ2) is 5.59. The lowest BCUT2D eigenvalue weighted by Crippen LogP contribution is -2.24. The van der Waals surface area contributed by atoms with Gasteiger partial charge in [-0.25, -0.2) is 9.59 Å². The molecular formula is C10H11NO5. The van der Waals surface area contributed by atoms with Gasteiger partial charge in [0.2, 0.25) is 5.76 Å². The average molecular weight is 225 g/mol. The first kappa shape index (κ1) is 11.8. The molecule has 1 rings (SSSR count). The van der Waals surface area contributed by atoms with Crippen LogP contribution in [0.2, 0.25) is 0 Å². The number of amides is 1. The summed E-state index contributed by atoms with van der Waals surface area (Å²) in [7, 11) is 0. The second-order valence-electron chi connectivity index (χ2n) is 2.82. The third-order valence-corrected chi connectivity index (χ3v) is 1.70. The molecule has 86 valence electrons. The lowest BCUT2D eigenvalue weighted by molar-refractivity contribution is 0.0660. The van der Waals surface area contributed by atoms with Crippen molar-refractivity contribution in [1.82, 2.24) is 5.32 Å². The molecular weight excluding hydrogens is 214 g/mol. The van der Waals surface area contributed by atoms with Gasteiger partial charge in [-0.1, -0.05) is 12.7 Å². The molecule has 0 radical (unpaired) electrons. The smallest absolute Gasteiger partial charge is 0.407 e. The van der Waals surface area contributed by atoms with Gasteiger partial charge in [0.1, 0.15) is 6.61 Å². The Hall–Kier alpha value is -2.24. The summed E-state index contributed by atoms with van der Waals surface area (Å²) < 4.78 is 9.38. The molecule has 0 atom stereocenters. The van der Waals surface area contributed by atoms with Crippen LogP contribution in [0.5, 0.6) is 0 Å². The van der Waals surface area contributed by atoms with E-state index in [9.17, 15) is 9.59 Å². The van der Waals surface area contributed by atoms with E-state index in [1.807, 2.05) is 0 Å². The summed E-state index contributed by atoms with van der Waals surface area (Å²) in [6.07, 6.45) is 2.03. The number of carbonyl (C=O) groups excluding carboxylic acids is 1. The molecule has 2 N–H and O–H groups in total. The normalized spacial score (nSPS) is 9.50. The number of nitrogens with one attached hydrogen (secondary N) is 1. The Morgan fingerprint density at radius 1 is 1.62 bits per heavy atom. The minimum atomic E-state index is -1.18. The Morgan fingerprint density at radius 2 is 2.38 bits per heavy atom. The van der Waals surface area contributed by atoms with Crippen molar-refractivity contribution in [1.29, 1.82) is 0 Å². The van der Waals surface area contributed by atoms with Crippen molar-refractivity contribution in [2.75, 3.05) is 6.61 Å². The summed E-state index contributed by atoms with van der Waals surface area (Å²) >= 11 is 0. The van der Waals surface area contributed by atoms with Crippen molar-refractivity contribution in [2.24, 2.45) is 0 Å². The molecule has 0 aromatic carbocycles. The van der Waals surface area contributed by atoms with Gasteiger partial charge in [-0.2, -0.15) is 0 Å². The molecule has 0 aliphatic rings. The molecule has 0 bridgehead atoms. The SMILES string of the molecule is C=CCOC(=O)NCc1ccoc1C(=O)O. The van der Waals surface area contributed by atoms with Crippen LogP contribution in [0.3, 0.4) is 0 Å². The highest BCUT2D eigenvalue weighted by molar-refractivity contribution is 5.86. The number of furan rings is 1. The third kappa shape index (κ3) is 3.16. The van der Waals surface area contributed by atoms with E-state index in [4.69, 9.17) is 9.52 Å². The molecule has 6 heteroatoms. The monoisotopic (exact) mass is 225 g/mol. The number of hydrogen-bond donors (Lipinski definition) is 2. The van der Waals surface area contributed by atoms with Crippen LogP contribution >= 0.6 is 0 Å². The van der Waals surface area contributed by atoms with Gasteiger partial charge in [0.05, 0.1) is 12.8 Å². The van der Waals surface area contributed by atoms with Gasteiger partial charge < -0.3 is 19.6 Å². The van der Waals surface area contributed by atoms with E-state index in [1.54, 1.807) is 0 Å². The number of carbonyl (C=O) groups is 2. The number of alkyl carbamates (subject to hydrolysis) is 1. The van der Waals surface area contributed by atoms with Crippen LogP contribution in [-0.4, -0.2) is 23.8 Å². The number of carboxylic acids is 1. The van der Waals surface area contributed by atoms with E-state index >= 15 is 0 Å². The number of hydrogen-bond acceptors (Lipinski definition) is 4. The lowest BCUT2D eigenvalue weighted by atomic mass is 10.2. The first-order valence-electron chi connectivity index (χ1n) is 4.46. The highest BCUT2D eigenvalue weighted by Gasteiger charge is 2.14. The molecule has 1 amide bonds. The van der Waals surface area contributed by atoms with E-state index < -0.39 is 12.1 Å². The Balaban J connectivity index is 2.48. The lowest BCUT2D eigenvalue weighted by Gasteiger charge is -2.03. The third-order valence-electron chi connectivity index (χ3n) is 1.70. The molecule has 0 fully saturated rings. The largest absolute Gasteiger partial charge is 0.475 e. The Kier molecular flexibility index (Phi) is 4.14. The van der Waals surface area contributed by atoms with Gasteiger partial charge in [-0.15, -0.1) is 0 Å². The molecule has 6 nitrogen and oxygen atoms in total. The van der Waals surface area contributed by atoms with Gasteiger partial charge >= 0.3 is 12.1 Å². The van der Waals surface area contributed by atoms with Crippen LogP contribution < -0.4 is 5.32 Å². The van der Waals surface area contributed by atoms with E-state index in [0.717, 1.165) is 0 Å². The van der Waals surface area contributed by atoms with Crippen molar-refractivity contribution in [3.05, 3.63) is 36.3 Å². The first-order chi connectivity index (χ1) is 7.65. The number of aromatic carboxylic acids is 1. The Bertz CT molecular complexity index is 396. The maximum absolute atomic E-state index is 11.0. The van der Waals surface area contributed by atoms with Crippen molar-refractivity contribution < 1.29 is 23.8 Å². The zero-order chi connectivity index (χ0) is 12.0. The van der Waals surface area contributed by atoms with Crippen LogP contribution in [-0.2, 0) is 11.3 Å². The minimum absolute atomic E-state index is 0.0358. The maximum atomic E-state index is 11.0. The van der Waals surface area contributed by atoms with Crippen LogP contribution in [0.25, 0.3) is 0 Å². The van der Waals surface area contributed by atoms with Crippen LogP contribution in [0.4, 0.5) is 4.79 Å². The van der Waals surface area contributed by atoms with Crippen LogP contribution in [0.15, 0.2) is 29.4 Å². The predicted molar refractivity (Wildman–Crippen MR) is 54.1 cm³/mol. The predicted octanol–water partition coefficient (Wildman–Crippen LogP) is 1.39. The first-order valence-corrected chi connectivity index (χ1v) is 4.46. The summed E-state index contributed by atoms with van der Waals surface area (Å²) in [5, 5.41) is 11.1. The van der Waals surface area contributed by atoms with Crippen molar-refractivity contribution in [3.63, 3.8) is 0 Å². The van der Waals surface area contributed by atoms with Crippen LogP contribution in [0.1, 0.15) is 16.1 Å². The molecule has 1 aromatic rings. The fourth-order valence-corrected chi connectivity index (χ4v) is 1.02. The van der Waals surface area contributed by atoms with Crippen LogP contribution in [0, 0.1) is 0 Å². The summed E-state index contributed by atoms with van der Waals surface area (Å²) in [5.41, 5.74) is 0.378. The Labute approximate surface area is 91.5 Å². The fraction of sp³-hybridized carbons (Fsp3) is 0.200. The molecule has 0 aliphatic heterocycles. The molecule has 0 unspecified atom stereocenters. The molecule has 0 aliphatic carbocycles. The molecule has 0 spiro atoms. The molecule has 1 aromatic heterocycles. The topological polar surface area (TPSA) is 88.8 Å². The standard InChI is InChI=1S/C10H11NO5/c1-2-4-16-10(14)11-6-7-3-5-15-8(7)9(12)13/h2-3,5H,1,4,6H2,(H,11,14)(H,12,13). The van der Waals surface area contributed by atoms with Gasteiger partial charge in [0.25, 0.3) is 0 Å². The number of carboxylic acid groups (broad SMARTS) is 1. The molecule has 1 heterocycles. The van der Waals surface area contributed by atoms with Gasteiger partial charge in [0, 0.05) is 5.56 Å². The summed E-state index contributed by atoms with van der Waals surface area (Å²) in [4.78, 5) is 21.7. The summed E-state index contributed by atoms with van der Waals surface area (Å²) in [6.45, 7) is 3.52. The van der Waals surface area contributed by atoms with E-state index in [1.165, 1.54) is 18.4 Å². The number of ether oxygens (including phenoxy) is 1. The highest BCUT2D eigenvalue weighted by Crippen LogP contribution is 2.09. The average Bonchev–Trinajstić information content (AvgIpc) is 2.71. The molecule has 0 saturated carbocycles. The highest BCUT2D eigenvalue weighted by atomic mass is 16.5. The van der Waals surface area contributed by atoms with Gasteiger partial charge in [0.15, 0.2) is 0 Å². The zero-order valence-electron chi connectivity index (χ0n) is 8.43. The minimum Gasteiger partial charge on any atom is -0.475 e. The summed E-state index contributed by atoms with van der Waals surface area (Å²) in [6, 6.07) is 1.47. The summed E-state index contributed by atoms with van der Waals surface area (Å²) in [5.74, 6) is -1.37. The molecule has 0 saturated heterocycles. The van der Waals surface area contributed by atoms with Gasteiger partial charge in [-0.3, -0.25) is 0 Å². The quantitative estimate of drug-likeness (QED) is 0.739. The van der Waals surface area contributed by atoms with Crippen molar-refractivity contribution in [2.45, 2.75) is 6.54 Å².